The second kappa shape index (κ2) is 5.50. The molecule has 3 rings (SSSR count). The summed E-state index contributed by atoms with van der Waals surface area (Å²) in [6.45, 7) is 3.24. The van der Waals surface area contributed by atoms with Crippen molar-refractivity contribution in [2.45, 2.75) is 44.7 Å². The summed E-state index contributed by atoms with van der Waals surface area (Å²) in [5, 5.41) is 14.0. The summed E-state index contributed by atoms with van der Waals surface area (Å²) in [6, 6.07) is -0.244. The van der Waals surface area contributed by atoms with Gasteiger partial charge in [0.2, 0.25) is 0 Å². The third-order valence-corrected chi connectivity index (χ3v) is 3.84. The maximum absolute atomic E-state index is 12.0. The molecule has 0 unspecified atom stereocenters. The summed E-state index contributed by atoms with van der Waals surface area (Å²) >= 11 is 0. The number of aromatic nitrogens is 5. The van der Waals surface area contributed by atoms with Gasteiger partial charge in [-0.15, -0.1) is 0 Å². The Labute approximate surface area is 125 Å². The molecule has 22 heavy (non-hydrogen) atoms. The summed E-state index contributed by atoms with van der Waals surface area (Å²) in [4.78, 5) is 29.6. The van der Waals surface area contributed by atoms with Gasteiger partial charge in [0.1, 0.15) is 25.0 Å². The van der Waals surface area contributed by atoms with Crippen molar-refractivity contribution in [1.82, 2.24) is 24.3 Å². The van der Waals surface area contributed by atoms with Crippen LogP contribution >= 0.6 is 0 Å². The minimum Gasteiger partial charge on any atom is -0.391 e. The molecule has 9 nitrogen and oxygen atoms in total. The Hall–Kier alpha value is -2.26. The second-order valence-electron chi connectivity index (χ2n) is 5.45. The molecule has 0 saturated carbocycles. The fourth-order valence-corrected chi connectivity index (χ4v) is 2.73. The van der Waals surface area contributed by atoms with Crippen molar-refractivity contribution in [3.63, 3.8) is 0 Å². The van der Waals surface area contributed by atoms with E-state index in [2.05, 4.69) is 15.1 Å². The van der Waals surface area contributed by atoms with Gasteiger partial charge in [-0.05, 0) is 13.8 Å². The Morgan fingerprint density at radius 3 is 2.91 bits per heavy atom. The molecule has 1 aliphatic heterocycles. The van der Waals surface area contributed by atoms with Crippen molar-refractivity contribution in [1.29, 1.82) is 0 Å². The molecule has 118 valence electrons. The number of aliphatic hydroxyl groups is 1. The third-order valence-electron chi connectivity index (χ3n) is 3.84. The number of nitrogens with one attached hydrogen (secondary N) is 1. The second-order valence-corrected chi connectivity index (χ2v) is 5.45. The van der Waals surface area contributed by atoms with Crippen LogP contribution in [-0.2, 0) is 4.74 Å². The lowest BCUT2D eigenvalue weighted by Crippen LogP contribution is -2.34. The van der Waals surface area contributed by atoms with Crippen molar-refractivity contribution < 1.29 is 9.84 Å². The highest BCUT2D eigenvalue weighted by Gasteiger charge is 2.40. The first-order valence-corrected chi connectivity index (χ1v) is 6.97. The molecule has 2 N–H and O–H groups in total. The molecule has 0 radical (unpaired) electrons. The van der Waals surface area contributed by atoms with Crippen LogP contribution in [0.4, 0.5) is 0 Å². The van der Waals surface area contributed by atoms with Crippen molar-refractivity contribution in [2.75, 3.05) is 0 Å². The Balaban J connectivity index is 1.96. The van der Waals surface area contributed by atoms with Crippen molar-refractivity contribution in [3.8, 4) is 0 Å². The summed E-state index contributed by atoms with van der Waals surface area (Å²) < 4.78 is 8.77. The molecular formula is C13H17N5O4. The molecule has 2 aromatic rings. The summed E-state index contributed by atoms with van der Waals surface area (Å²) in [7, 11) is 0. The lowest BCUT2D eigenvalue weighted by molar-refractivity contribution is -0.0633. The Morgan fingerprint density at radius 1 is 1.50 bits per heavy atom. The van der Waals surface area contributed by atoms with Crippen LogP contribution in [0.1, 0.15) is 31.2 Å². The maximum atomic E-state index is 12.0. The normalized spacial score (nSPS) is 26.2. The molecule has 4 atom stereocenters. The molecule has 0 aromatic carbocycles. The lowest BCUT2D eigenvalue weighted by atomic mass is 10.1. The van der Waals surface area contributed by atoms with Gasteiger partial charge in [-0.1, -0.05) is 0 Å². The van der Waals surface area contributed by atoms with Gasteiger partial charge in [-0.25, -0.2) is 14.5 Å². The van der Waals surface area contributed by atoms with Gasteiger partial charge in [0, 0.05) is 18.2 Å². The van der Waals surface area contributed by atoms with Crippen LogP contribution in [0, 0.1) is 6.92 Å². The molecule has 0 spiro atoms. The molecule has 2 aromatic heterocycles. The Kier molecular flexibility index (Phi) is 3.67. The molecule has 1 aliphatic rings. The predicted molar refractivity (Wildman–Crippen MR) is 75.3 cm³/mol. The van der Waals surface area contributed by atoms with E-state index >= 15 is 0 Å². The van der Waals surface area contributed by atoms with Crippen LogP contribution in [-0.4, -0.2) is 41.6 Å². The molecule has 0 bridgehead atoms. The van der Waals surface area contributed by atoms with Crippen LogP contribution in [0.3, 0.4) is 0 Å². The van der Waals surface area contributed by atoms with Gasteiger partial charge in [-0.3, -0.25) is 14.3 Å². The Bertz CT molecular complexity index is 763. The van der Waals surface area contributed by atoms with Crippen molar-refractivity contribution >= 4 is 0 Å². The average Bonchev–Trinajstić information content (AvgIpc) is 3.11. The van der Waals surface area contributed by atoms with Gasteiger partial charge in [0.05, 0.1) is 12.1 Å². The minimum absolute atomic E-state index is 0.244. The van der Waals surface area contributed by atoms with Gasteiger partial charge in [0.25, 0.3) is 5.56 Å². The highest BCUT2D eigenvalue weighted by Crippen LogP contribution is 2.37. The van der Waals surface area contributed by atoms with Crippen molar-refractivity contribution in [2.24, 2.45) is 0 Å². The van der Waals surface area contributed by atoms with E-state index < -0.39 is 29.7 Å². The first-order valence-electron chi connectivity index (χ1n) is 6.97. The minimum atomic E-state index is -0.737. The van der Waals surface area contributed by atoms with E-state index in [0.717, 1.165) is 0 Å². The van der Waals surface area contributed by atoms with E-state index in [-0.39, 0.29) is 6.04 Å². The van der Waals surface area contributed by atoms with Crippen LogP contribution in [0.25, 0.3) is 0 Å². The monoisotopic (exact) mass is 307 g/mol. The van der Waals surface area contributed by atoms with E-state index in [1.54, 1.807) is 24.9 Å². The number of nitrogens with zero attached hydrogens (tertiary/aromatic N) is 4. The average molecular weight is 307 g/mol. The number of H-pyrrole nitrogens is 1. The SMILES string of the molecule is Cc1cn([C@@H]2C[C@H](n3cncn3)[C@H]([C@H](C)O)O2)c(=O)[nH]c1=O. The summed E-state index contributed by atoms with van der Waals surface area (Å²) in [6.07, 6.45) is 3.01. The van der Waals surface area contributed by atoms with E-state index in [0.29, 0.717) is 12.0 Å². The summed E-state index contributed by atoms with van der Waals surface area (Å²) in [5.74, 6) is 0. The lowest BCUT2D eigenvalue weighted by Gasteiger charge is -2.20. The number of aliphatic hydroxyl groups excluding tert-OH is 1. The van der Waals surface area contributed by atoms with Crippen LogP contribution in [0.15, 0.2) is 28.4 Å². The first-order chi connectivity index (χ1) is 10.5. The topological polar surface area (TPSA) is 115 Å². The molecule has 9 heteroatoms. The maximum Gasteiger partial charge on any atom is 0.330 e. The highest BCUT2D eigenvalue weighted by atomic mass is 16.5. The van der Waals surface area contributed by atoms with Crippen LogP contribution in [0.5, 0.6) is 0 Å². The molecule has 1 fully saturated rings. The predicted octanol–water partition coefficient (Wildman–Crippen LogP) is -0.654. The molecule has 1 saturated heterocycles. The first kappa shape index (κ1) is 14.7. The number of hydrogen-bond donors (Lipinski definition) is 2. The Morgan fingerprint density at radius 2 is 2.27 bits per heavy atom. The highest BCUT2D eigenvalue weighted by molar-refractivity contribution is 5.02. The van der Waals surface area contributed by atoms with E-state index in [9.17, 15) is 14.7 Å². The smallest absolute Gasteiger partial charge is 0.330 e. The standard InChI is InChI=1S/C13H17N5O4/c1-7-4-17(13(21)16-12(7)20)10-3-9(11(22-10)8(2)19)18-6-14-5-15-18/h4-6,8-11,19H,3H2,1-2H3,(H,16,20,21)/t8-,9-,10-,11-/m0/s1. The number of rotatable bonds is 3. The van der Waals surface area contributed by atoms with Gasteiger partial charge < -0.3 is 9.84 Å². The van der Waals surface area contributed by atoms with Gasteiger partial charge >= 0.3 is 5.69 Å². The zero-order valence-electron chi connectivity index (χ0n) is 12.2. The number of hydrogen-bond acceptors (Lipinski definition) is 6. The number of aryl methyl sites for hydroxylation is 1. The van der Waals surface area contributed by atoms with E-state index in [1.807, 2.05) is 0 Å². The van der Waals surface area contributed by atoms with Crippen LogP contribution in [0.2, 0.25) is 0 Å². The van der Waals surface area contributed by atoms with Crippen LogP contribution < -0.4 is 11.2 Å². The fourth-order valence-electron chi connectivity index (χ4n) is 2.73. The summed E-state index contributed by atoms with van der Waals surface area (Å²) in [5.41, 5.74) is -0.538. The number of ether oxygens (including phenoxy) is 1. The zero-order chi connectivity index (χ0) is 15.9. The van der Waals surface area contributed by atoms with E-state index in [4.69, 9.17) is 4.74 Å². The van der Waals surface area contributed by atoms with E-state index in [1.165, 1.54) is 17.1 Å². The molecule has 3 heterocycles. The quantitative estimate of drug-likeness (QED) is 0.778. The molecule has 0 aliphatic carbocycles. The largest absolute Gasteiger partial charge is 0.391 e. The van der Waals surface area contributed by atoms with Gasteiger partial charge in [-0.2, -0.15) is 5.10 Å². The molecular weight excluding hydrogens is 290 g/mol. The third kappa shape index (κ3) is 2.48. The number of aromatic amines is 1. The zero-order valence-corrected chi connectivity index (χ0v) is 12.2. The molecule has 0 amide bonds. The van der Waals surface area contributed by atoms with Gasteiger partial charge in [0.15, 0.2) is 0 Å². The van der Waals surface area contributed by atoms with Crippen molar-refractivity contribution in [3.05, 3.63) is 45.3 Å². The fraction of sp³-hybridized carbons (Fsp3) is 0.538.